The second-order valence-electron chi connectivity index (χ2n) is 28.1. The number of cyclic esters (lactones) is 1. The topological polar surface area (TPSA) is 125 Å². The first-order chi connectivity index (χ1) is 37.3. The van der Waals surface area contributed by atoms with Gasteiger partial charge in [0.1, 0.15) is 11.2 Å². The van der Waals surface area contributed by atoms with Gasteiger partial charge in [-0.1, -0.05) is 13.8 Å². The van der Waals surface area contributed by atoms with Gasteiger partial charge in [0, 0.05) is 12.8 Å². The highest BCUT2D eigenvalue weighted by Crippen LogP contribution is 2.67. The molecule has 9 nitrogen and oxygen atoms in total. The summed E-state index contributed by atoms with van der Waals surface area (Å²) in [5, 5.41) is 11.7. The molecule has 9 fully saturated rings. The summed E-state index contributed by atoms with van der Waals surface area (Å²) in [5.41, 5.74) is -28.7. The Labute approximate surface area is 469 Å². The van der Waals surface area contributed by atoms with Gasteiger partial charge in [0.2, 0.25) is 6.10 Å². The number of ether oxygens (including phenoxy) is 4. The Bertz CT molecular complexity index is 2350. The number of alkyl halides is 18. The van der Waals surface area contributed by atoms with Crippen LogP contribution >= 0.6 is 0 Å². The van der Waals surface area contributed by atoms with Crippen LogP contribution in [0.25, 0.3) is 0 Å². The van der Waals surface area contributed by atoms with Crippen LogP contribution in [-0.2, 0) is 38.1 Å². The monoisotopic (exact) mass is 1230 g/mol. The fourth-order valence-corrected chi connectivity index (χ4v) is 17.0. The summed E-state index contributed by atoms with van der Waals surface area (Å²) in [6, 6.07) is 0. The van der Waals surface area contributed by atoms with Gasteiger partial charge in [0.15, 0.2) is 16.2 Å². The number of esters is 4. The molecule has 0 radical (unpaired) electrons. The highest BCUT2D eigenvalue weighted by Gasteiger charge is 2.77. The highest BCUT2D eigenvalue weighted by molar-refractivity contribution is 5.86. The molecule has 0 aromatic rings. The third-order valence-electron chi connectivity index (χ3n) is 21.6. The number of hydrogen-bond donors (Lipinski definition) is 1. The van der Waals surface area contributed by atoms with E-state index in [0.717, 1.165) is 26.2 Å². The molecule has 9 rings (SSSR count). The summed E-state index contributed by atoms with van der Waals surface area (Å²) < 4.78 is 298. The molecule has 9 aliphatic rings. The summed E-state index contributed by atoms with van der Waals surface area (Å²) in [6.45, 7) is 1.73. The van der Waals surface area contributed by atoms with Crippen molar-refractivity contribution in [3.63, 3.8) is 0 Å². The lowest BCUT2D eigenvalue weighted by Crippen LogP contribution is -2.61. The maximum atomic E-state index is 15.9. The molecule has 1 saturated heterocycles. The van der Waals surface area contributed by atoms with E-state index in [-0.39, 0.29) is 76.2 Å². The van der Waals surface area contributed by atoms with Gasteiger partial charge in [-0.2, -0.15) is 79.0 Å². The standard InChI is InChI=1S/C56H74F18O9/c1-9-42(3,40(77)82-49-20-30-13-31(21-49)15-32(14-30)22-49)26-44(5,39(76)81-37-10-11-80-38(37)75)27-43(4,41(78)83-50-23-33-16-34(24-50)19-48(79,18-33)28-50)25-36(47(8,55(69,70)71)56(72,73)74)17-35(46(7,53(63,64)65)54(66,67)68)12-29(2)45(6,51(57,58)59)52(60,61)62/h29-37,79H,9-28H2,1-8H3. The van der Waals surface area contributed by atoms with Crippen LogP contribution < -0.4 is 0 Å². The second-order valence-corrected chi connectivity index (χ2v) is 28.1. The van der Waals surface area contributed by atoms with E-state index in [1.54, 1.807) is 0 Å². The predicted octanol–water partition coefficient (Wildman–Crippen LogP) is 15.6. The Kier molecular flexibility index (Phi) is 17.1. The van der Waals surface area contributed by atoms with Crippen LogP contribution in [0.4, 0.5) is 79.0 Å². The molecular weight excluding hydrogens is 1160 g/mol. The van der Waals surface area contributed by atoms with Crippen LogP contribution in [0.15, 0.2) is 0 Å². The Balaban J connectivity index is 1.44. The number of carbonyl (C=O) groups excluding carboxylic acids is 4. The van der Waals surface area contributed by atoms with Gasteiger partial charge in [0.25, 0.3) is 0 Å². The molecule has 478 valence electrons. The first kappa shape index (κ1) is 67.1. The van der Waals surface area contributed by atoms with Gasteiger partial charge in [-0.25, -0.2) is 4.79 Å². The molecular formula is C56H74F18O9. The van der Waals surface area contributed by atoms with Crippen molar-refractivity contribution in [2.45, 2.75) is 237 Å². The fraction of sp³-hybridized carbons (Fsp3) is 0.929. The quantitative estimate of drug-likeness (QED) is 0.0720. The summed E-state index contributed by atoms with van der Waals surface area (Å²) in [4.78, 5) is 58.5. The zero-order valence-electron chi connectivity index (χ0n) is 47.4. The Hall–Kier alpha value is -3.42. The van der Waals surface area contributed by atoms with E-state index in [4.69, 9.17) is 18.9 Å². The van der Waals surface area contributed by atoms with Crippen LogP contribution in [0.5, 0.6) is 0 Å². The first-order valence-corrected chi connectivity index (χ1v) is 28.3. The third-order valence-corrected chi connectivity index (χ3v) is 21.6. The van der Waals surface area contributed by atoms with Gasteiger partial charge >= 0.3 is 60.9 Å². The number of carbonyl (C=O) groups is 4. The molecule has 8 bridgehead atoms. The van der Waals surface area contributed by atoms with Crippen molar-refractivity contribution in [1.29, 1.82) is 0 Å². The van der Waals surface area contributed by atoms with E-state index in [2.05, 4.69) is 0 Å². The van der Waals surface area contributed by atoms with Gasteiger partial charge in [0.05, 0.1) is 28.5 Å². The summed E-state index contributed by atoms with van der Waals surface area (Å²) >= 11 is 0. The minimum atomic E-state index is -6.89. The van der Waals surface area contributed by atoms with E-state index in [1.165, 1.54) is 13.8 Å². The van der Waals surface area contributed by atoms with E-state index in [1.807, 2.05) is 0 Å². The lowest BCUT2D eigenvalue weighted by molar-refractivity contribution is -0.373. The highest BCUT2D eigenvalue weighted by atomic mass is 19.4. The van der Waals surface area contributed by atoms with E-state index in [9.17, 15) is 41.0 Å². The summed E-state index contributed by atoms with van der Waals surface area (Å²) in [6.07, 6.45) is -48.6. The summed E-state index contributed by atoms with van der Waals surface area (Å²) in [7, 11) is 0. The van der Waals surface area contributed by atoms with Gasteiger partial charge < -0.3 is 24.1 Å². The average Bonchev–Trinajstić information content (AvgIpc) is 3.34. The molecule has 1 heterocycles. The van der Waals surface area contributed by atoms with Crippen molar-refractivity contribution in [3.8, 4) is 0 Å². The lowest BCUT2D eigenvalue weighted by atomic mass is 9.52. The van der Waals surface area contributed by atoms with Crippen molar-refractivity contribution in [1.82, 2.24) is 0 Å². The first-order valence-electron chi connectivity index (χ1n) is 28.3. The number of rotatable bonds is 20. The van der Waals surface area contributed by atoms with Crippen LogP contribution in [0, 0.1) is 79.8 Å². The van der Waals surface area contributed by atoms with Crippen molar-refractivity contribution >= 4 is 23.9 Å². The number of hydrogen-bond acceptors (Lipinski definition) is 9. The van der Waals surface area contributed by atoms with Crippen LogP contribution in [0.1, 0.15) is 177 Å². The number of halogens is 18. The van der Waals surface area contributed by atoms with Crippen molar-refractivity contribution in [2.75, 3.05) is 6.61 Å². The third kappa shape index (κ3) is 12.0. The molecule has 0 aromatic carbocycles. The van der Waals surface area contributed by atoms with Crippen LogP contribution in [0.2, 0.25) is 0 Å². The van der Waals surface area contributed by atoms with E-state index >= 15 is 62.3 Å². The minimum Gasteiger partial charge on any atom is -0.463 e. The normalized spacial score (nSPS) is 32.9. The maximum absolute atomic E-state index is 15.9. The molecule has 1 aliphatic heterocycles. The number of aliphatic hydroxyl groups is 1. The lowest BCUT2D eigenvalue weighted by Gasteiger charge is -2.59. The Morgan fingerprint density at radius 3 is 1.31 bits per heavy atom. The molecule has 0 amide bonds. The summed E-state index contributed by atoms with van der Waals surface area (Å²) in [5.74, 6) is -17.2. The van der Waals surface area contributed by atoms with E-state index < -0.39 is 199 Å². The second kappa shape index (κ2) is 21.1. The molecule has 27 heteroatoms. The minimum absolute atomic E-state index is 0.0697. The van der Waals surface area contributed by atoms with Crippen molar-refractivity contribution < 1.29 is 122 Å². The molecule has 9 atom stereocenters. The van der Waals surface area contributed by atoms with Gasteiger partial charge in [-0.05, 0) is 198 Å². The molecule has 0 spiro atoms. The van der Waals surface area contributed by atoms with E-state index in [0.29, 0.717) is 32.6 Å². The van der Waals surface area contributed by atoms with Gasteiger partial charge in [-0.15, -0.1) is 0 Å². The predicted molar refractivity (Wildman–Crippen MR) is 255 cm³/mol. The molecule has 8 aliphatic carbocycles. The molecule has 83 heavy (non-hydrogen) atoms. The fourth-order valence-electron chi connectivity index (χ4n) is 17.0. The zero-order valence-corrected chi connectivity index (χ0v) is 47.4. The molecule has 9 unspecified atom stereocenters. The smallest absolute Gasteiger partial charge is 0.403 e. The molecule has 8 saturated carbocycles. The molecule has 0 aromatic heterocycles. The SMILES string of the molecule is CCC(C)(CC(C)(CC(C)(CC(CC(CC(C)C(C)(C(F)(F)F)C(F)(F)F)C(C)(C(F)(F)F)C(F)(F)F)C(C)(C(F)(F)F)C(F)(F)F)C(=O)OC12CC3CC(CC(O)(C3)C1)C2)C(=O)OC1CCOC1=O)C(=O)OC12CC3CC(CC(C3)C1)C2. The zero-order chi connectivity index (χ0) is 63.0. The van der Waals surface area contributed by atoms with Gasteiger partial charge in [-0.3, -0.25) is 14.4 Å². The Morgan fingerprint density at radius 2 is 0.916 bits per heavy atom. The average molecular weight is 1230 g/mol. The van der Waals surface area contributed by atoms with Crippen LogP contribution in [-0.4, -0.2) is 95.6 Å². The largest absolute Gasteiger partial charge is 0.463 e. The van der Waals surface area contributed by atoms with Crippen molar-refractivity contribution in [3.05, 3.63) is 0 Å². The maximum Gasteiger partial charge on any atom is 0.403 e. The van der Waals surface area contributed by atoms with Crippen LogP contribution in [0.3, 0.4) is 0 Å². The van der Waals surface area contributed by atoms with Crippen molar-refractivity contribution in [2.24, 2.45) is 79.8 Å². The molecule has 1 N–H and O–H groups in total. The Morgan fingerprint density at radius 1 is 0.530 bits per heavy atom.